The molecule has 0 bridgehead atoms. The number of anilines is 1. The van der Waals surface area contributed by atoms with Gasteiger partial charge in [-0.2, -0.15) is 5.10 Å². The van der Waals surface area contributed by atoms with Crippen LogP contribution in [-0.2, 0) is 11.3 Å². The van der Waals surface area contributed by atoms with Crippen molar-refractivity contribution in [2.75, 3.05) is 38.5 Å². The second kappa shape index (κ2) is 8.31. The Hall–Kier alpha value is -1.89. The summed E-state index contributed by atoms with van der Waals surface area (Å²) in [7, 11) is 1.86. The molecule has 0 aliphatic carbocycles. The van der Waals surface area contributed by atoms with Crippen LogP contribution in [0.2, 0.25) is 0 Å². The van der Waals surface area contributed by atoms with Gasteiger partial charge in [0.15, 0.2) is 0 Å². The molecular weight excluding hydrogens is 258 g/mol. The van der Waals surface area contributed by atoms with Gasteiger partial charge in [0.1, 0.15) is 6.54 Å². The fourth-order valence-electron chi connectivity index (χ4n) is 1.79. The molecule has 0 fully saturated rings. The van der Waals surface area contributed by atoms with Gasteiger partial charge in [-0.15, -0.1) is 0 Å². The lowest BCUT2D eigenvalue weighted by atomic mass is 10.4. The Balaban J connectivity index is 2.68. The summed E-state index contributed by atoms with van der Waals surface area (Å²) < 4.78 is 1.18. The normalized spacial score (nSPS) is 10.3. The van der Waals surface area contributed by atoms with Gasteiger partial charge in [0.25, 0.3) is 5.56 Å². The Bertz CT molecular complexity index is 482. The quantitative estimate of drug-likeness (QED) is 0.642. The molecule has 1 amide bonds. The van der Waals surface area contributed by atoms with Crippen LogP contribution in [-0.4, -0.2) is 53.8 Å². The first-order chi connectivity index (χ1) is 9.62. The first-order valence-corrected chi connectivity index (χ1v) is 6.85. The Morgan fingerprint density at radius 2 is 2.05 bits per heavy atom. The van der Waals surface area contributed by atoms with Crippen LogP contribution < -0.4 is 16.2 Å². The summed E-state index contributed by atoms with van der Waals surface area (Å²) in [4.78, 5) is 25.5. The number of hydrogen-bond donors (Lipinski definition) is 2. The molecule has 1 rings (SSSR count). The average Bonchev–Trinajstić information content (AvgIpc) is 2.43. The molecule has 0 unspecified atom stereocenters. The Kier molecular flexibility index (Phi) is 6.72. The molecular formula is C13H23N5O2. The third-order valence-corrected chi connectivity index (χ3v) is 2.97. The first kappa shape index (κ1) is 16.2. The van der Waals surface area contributed by atoms with Crippen LogP contribution >= 0.6 is 0 Å². The van der Waals surface area contributed by atoms with Crippen molar-refractivity contribution < 1.29 is 4.79 Å². The zero-order valence-electron chi connectivity index (χ0n) is 12.3. The van der Waals surface area contributed by atoms with Crippen molar-refractivity contribution in [1.29, 1.82) is 0 Å². The minimum absolute atomic E-state index is 0.0166. The molecule has 0 saturated carbocycles. The maximum absolute atomic E-state index is 11.9. The molecule has 0 spiro atoms. The fraction of sp³-hybridized carbons (Fsp3) is 0.615. The van der Waals surface area contributed by atoms with Gasteiger partial charge in [-0.1, -0.05) is 0 Å². The standard InChI is InChI=1S/C13H23N5O2/c1-4-17(5-2)13(20)10-18-12(19)8-11(9-16-18)15-7-6-14-3/h8-9,14-15H,4-7,10H2,1-3H3. The minimum atomic E-state index is -0.278. The van der Waals surface area contributed by atoms with Gasteiger partial charge in [-0.25, -0.2) is 4.68 Å². The second-order valence-corrected chi connectivity index (χ2v) is 4.34. The van der Waals surface area contributed by atoms with Gasteiger partial charge >= 0.3 is 0 Å². The van der Waals surface area contributed by atoms with E-state index >= 15 is 0 Å². The van der Waals surface area contributed by atoms with E-state index in [-0.39, 0.29) is 18.0 Å². The summed E-state index contributed by atoms with van der Waals surface area (Å²) in [5.74, 6) is -0.0968. The Morgan fingerprint density at radius 1 is 1.35 bits per heavy atom. The van der Waals surface area contributed by atoms with E-state index in [1.807, 2.05) is 20.9 Å². The van der Waals surface area contributed by atoms with Crippen LogP contribution in [0, 0.1) is 0 Å². The highest BCUT2D eigenvalue weighted by molar-refractivity contribution is 5.75. The smallest absolute Gasteiger partial charge is 0.269 e. The van der Waals surface area contributed by atoms with E-state index in [0.29, 0.717) is 25.3 Å². The number of rotatable bonds is 8. The Morgan fingerprint density at radius 3 is 2.60 bits per heavy atom. The van der Waals surface area contributed by atoms with Crippen molar-refractivity contribution in [2.45, 2.75) is 20.4 Å². The highest BCUT2D eigenvalue weighted by Gasteiger charge is 2.11. The molecule has 0 aromatic carbocycles. The van der Waals surface area contributed by atoms with Crippen LogP contribution in [0.1, 0.15) is 13.8 Å². The number of aromatic nitrogens is 2. The van der Waals surface area contributed by atoms with E-state index < -0.39 is 0 Å². The van der Waals surface area contributed by atoms with Gasteiger partial charge in [0.2, 0.25) is 5.91 Å². The fourth-order valence-corrected chi connectivity index (χ4v) is 1.79. The topological polar surface area (TPSA) is 79.3 Å². The van der Waals surface area contributed by atoms with Crippen molar-refractivity contribution in [3.05, 3.63) is 22.6 Å². The molecule has 2 N–H and O–H groups in total. The van der Waals surface area contributed by atoms with E-state index in [4.69, 9.17) is 0 Å². The number of likely N-dealkylation sites (N-methyl/N-ethyl adjacent to an activating group) is 2. The van der Waals surface area contributed by atoms with E-state index in [9.17, 15) is 9.59 Å². The van der Waals surface area contributed by atoms with Gasteiger partial charge in [-0.05, 0) is 20.9 Å². The molecule has 20 heavy (non-hydrogen) atoms. The van der Waals surface area contributed by atoms with Crippen LogP contribution in [0.3, 0.4) is 0 Å². The van der Waals surface area contributed by atoms with Gasteiger partial charge in [0.05, 0.1) is 11.9 Å². The second-order valence-electron chi connectivity index (χ2n) is 4.34. The molecule has 1 aromatic heterocycles. The summed E-state index contributed by atoms with van der Waals surface area (Å²) in [6.07, 6.45) is 1.56. The number of carbonyl (C=O) groups excluding carboxylic acids is 1. The predicted octanol–water partition coefficient (Wildman–Crippen LogP) is -0.257. The molecule has 7 nitrogen and oxygen atoms in total. The molecule has 0 saturated heterocycles. The Labute approximate surface area is 119 Å². The van der Waals surface area contributed by atoms with E-state index in [2.05, 4.69) is 15.7 Å². The predicted molar refractivity (Wildman–Crippen MR) is 78.8 cm³/mol. The van der Waals surface area contributed by atoms with Crippen LogP contribution in [0.15, 0.2) is 17.1 Å². The van der Waals surface area contributed by atoms with Crippen LogP contribution in [0.4, 0.5) is 5.69 Å². The monoisotopic (exact) mass is 281 g/mol. The zero-order chi connectivity index (χ0) is 15.0. The first-order valence-electron chi connectivity index (χ1n) is 6.85. The maximum atomic E-state index is 11.9. The van der Waals surface area contributed by atoms with Crippen LogP contribution in [0.25, 0.3) is 0 Å². The lowest BCUT2D eigenvalue weighted by Gasteiger charge is -2.18. The van der Waals surface area contributed by atoms with Crippen LogP contribution in [0.5, 0.6) is 0 Å². The highest BCUT2D eigenvalue weighted by atomic mass is 16.2. The molecule has 1 aromatic rings. The molecule has 7 heteroatoms. The maximum Gasteiger partial charge on any atom is 0.269 e. The van der Waals surface area contributed by atoms with Crippen molar-refractivity contribution in [3.63, 3.8) is 0 Å². The number of amides is 1. The SMILES string of the molecule is CCN(CC)C(=O)Cn1ncc(NCCNC)cc1=O. The number of hydrogen-bond acceptors (Lipinski definition) is 5. The number of nitrogens with zero attached hydrogens (tertiary/aromatic N) is 3. The van der Waals surface area contributed by atoms with Gasteiger partial charge in [-0.3, -0.25) is 9.59 Å². The van der Waals surface area contributed by atoms with Gasteiger partial charge in [0, 0.05) is 32.2 Å². The summed E-state index contributed by atoms with van der Waals surface area (Å²) in [6, 6.07) is 1.46. The third-order valence-electron chi connectivity index (χ3n) is 2.97. The number of nitrogens with one attached hydrogen (secondary N) is 2. The minimum Gasteiger partial charge on any atom is -0.382 e. The molecule has 1 heterocycles. The molecule has 0 radical (unpaired) electrons. The molecule has 0 aliphatic heterocycles. The lowest BCUT2D eigenvalue weighted by molar-refractivity contribution is -0.131. The van der Waals surface area contributed by atoms with Gasteiger partial charge < -0.3 is 15.5 Å². The summed E-state index contributed by atoms with van der Waals surface area (Å²) in [5, 5.41) is 10.1. The molecule has 0 aliphatic rings. The van der Waals surface area contributed by atoms with E-state index in [0.717, 1.165) is 6.54 Å². The van der Waals surface area contributed by atoms with Crippen molar-refractivity contribution in [3.8, 4) is 0 Å². The van der Waals surface area contributed by atoms with Crippen molar-refractivity contribution in [1.82, 2.24) is 20.0 Å². The summed E-state index contributed by atoms with van der Waals surface area (Å²) in [5.41, 5.74) is 0.386. The van der Waals surface area contributed by atoms with E-state index in [1.54, 1.807) is 11.1 Å². The molecule has 112 valence electrons. The average molecular weight is 281 g/mol. The van der Waals surface area contributed by atoms with Crippen molar-refractivity contribution in [2.24, 2.45) is 0 Å². The highest BCUT2D eigenvalue weighted by Crippen LogP contribution is 1.99. The summed E-state index contributed by atoms with van der Waals surface area (Å²) in [6.45, 7) is 6.57. The third kappa shape index (κ3) is 4.65. The summed E-state index contributed by atoms with van der Waals surface area (Å²) >= 11 is 0. The van der Waals surface area contributed by atoms with Crippen molar-refractivity contribution >= 4 is 11.6 Å². The van der Waals surface area contributed by atoms with E-state index in [1.165, 1.54) is 10.7 Å². The lowest BCUT2D eigenvalue weighted by Crippen LogP contribution is -2.37. The number of carbonyl (C=O) groups is 1. The zero-order valence-corrected chi connectivity index (χ0v) is 12.3. The molecule has 0 atom stereocenters. The largest absolute Gasteiger partial charge is 0.382 e.